The quantitative estimate of drug-likeness (QED) is 0.455. The van der Waals surface area contributed by atoms with Gasteiger partial charge in [0, 0.05) is 34.3 Å². The lowest BCUT2D eigenvalue weighted by atomic mass is 9.93. The van der Waals surface area contributed by atoms with Crippen molar-refractivity contribution in [1.29, 1.82) is 0 Å². The number of amides is 2. The number of benzene rings is 2. The Morgan fingerprint density at radius 2 is 1.77 bits per heavy atom. The maximum absolute atomic E-state index is 13.0. The summed E-state index contributed by atoms with van der Waals surface area (Å²) in [6.07, 6.45) is 2.08. The molecule has 2 amide bonds. The number of furan rings is 1. The number of aryl methyl sites for hydroxylation is 1. The number of nitrogens with one attached hydrogen (secondary N) is 2. The Morgan fingerprint density at radius 3 is 2.57 bits per heavy atom. The van der Waals surface area contributed by atoms with Crippen LogP contribution in [0, 0.1) is 6.92 Å². The third kappa shape index (κ3) is 4.72. The van der Waals surface area contributed by atoms with Crippen molar-refractivity contribution in [3.05, 3.63) is 74.7 Å². The number of nitrogens with zero attached hydrogens (tertiary/aromatic N) is 1. The van der Waals surface area contributed by atoms with Crippen molar-refractivity contribution in [2.75, 3.05) is 18.5 Å². The van der Waals surface area contributed by atoms with Gasteiger partial charge in [0.1, 0.15) is 19.0 Å². The smallest absolute Gasteiger partial charge is 0.291 e. The van der Waals surface area contributed by atoms with Gasteiger partial charge in [-0.25, -0.2) is 5.43 Å². The molecule has 0 unspecified atom stereocenters. The molecule has 10 heteroatoms. The van der Waals surface area contributed by atoms with E-state index >= 15 is 0 Å². The first-order chi connectivity index (χ1) is 16.9. The number of hydrogen-bond donors (Lipinski definition) is 2. The van der Waals surface area contributed by atoms with Crippen LogP contribution in [0.4, 0.5) is 5.69 Å². The number of anilines is 1. The SMILES string of the molecule is Cc1c(C(=O)Nc2ccc3c(c2)OCCO3)oc2c1/C(=N/NC(=O)c1ccc(Cl)cc1Cl)CCC2. The Balaban J connectivity index is 1.36. The van der Waals surface area contributed by atoms with Crippen LogP contribution in [0.25, 0.3) is 0 Å². The van der Waals surface area contributed by atoms with Gasteiger partial charge in [0.2, 0.25) is 0 Å². The number of halogens is 2. The number of fused-ring (bicyclic) bond motifs is 2. The summed E-state index contributed by atoms with van der Waals surface area (Å²) in [5, 5.41) is 7.86. The summed E-state index contributed by atoms with van der Waals surface area (Å²) in [4.78, 5) is 25.6. The fraction of sp³-hybridized carbons (Fsp3) is 0.240. The minimum atomic E-state index is -0.455. The fourth-order valence-electron chi connectivity index (χ4n) is 4.16. The highest BCUT2D eigenvalue weighted by atomic mass is 35.5. The number of carbonyl (C=O) groups excluding carboxylic acids is 2. The molecule has 1 aromatic heterocycles. The lowest BCUT2D eigenvalue weighted by molar-refractivity contribution is 0.0953. The van der Waals surface area contributed by atoms with Gasteiger partial charge in [-0.2, -0.15) is 5.10 Å². The summed E-state index contributed by atoms with van der Waals surface area (Å²) in [5.41, 5.74) is 5.43. The van der Waals surface area contributed by atoms with Crippen molar-refractivity contribution >= 4 is 46.4 Å². The van der Waals surface area contributed by atoms with Crippen molar-refractivity contribution in [3.8, 4) is 11.5 Å². The first-order valence-corrected chi connectivity index (χ1v) is 11.8. The number of rotatable bonds is 4. The molecule has 0 fully saturated rings. The zero-order valence-electron chi connectivity index (χ0n) is 18.7. The van der Waals surface area contributed by atoms with Crippen molar-refractivity contribution in [1.82, 2.24) is 5.43 Å². The molecule has 3 aromatic rings. The standard InChI is InChI=1S/C25H21Cl2N3O5/c1-13-22-18(29-30-24(31)16-7-5-14(26)11-17(16)27)3-2-4-20(22)35-23(13)25(32)28-15-6-8-19-21(12-15)34-10-9-33-19/h5-8,11-12H,2-4,9-10H2,1H3,(H,28,32)(H,30,31)/b29-18+. The zero-order valence-corrected chi connectivity index (χ0v) is 20.3. The highest BCUT2D eigenvalue weighted by molar-refractivity contribution is 6.36. The summed E-state index contributed by atoms with van der Waals surface area (Å²) in [6.45, 7) is 2.75. The molecule has 2 aromatic carbocycles. The normalized spacial score (nSPS) is 15.5. The van der Waals surface area contributed by atoms with Gasteiger partial charge >= 0.3 is 0 Å². The zero-order chi connectivity index (χ0) is 24.5. The third-order valence-electron chi connectivity index (χ3n) is 5.80. The first kappa shape index (κ1) is 23.3. The van der Waals surface area contributed by atoms with Gasteiger partial charge in [-0.05, 0) is 50.1 Å². The van der Waals surface area contributed by atoms with Crippen LogP contribution in [0.3, 0.4) is 0 Å². The Bertz CT molecular complexity index is 1370. The van der Waals surface area contributed by atoms with Crippen molar-refractivity contribution in [3.63, 3.8) is 0 Å². The van der Waals surface area contributed by atoms with Crippen LogP contribution in [0.2, 0.25) is 10.0 Å². The Morgan fingerprint density at radius 1 is 0.971 bits per heavy atom. The van der Waals surface area contributed by atoms with Crippen LogP contribution in [-0.4, -0.2) is 30.7 Å². The maximum Gasteiger partial charge on any atom is 0.291 e. The van der Waals surface area contributed by atoms with Crippen molar-refractivity contribution < 1.29 is 23.5 Å². The highest BCUT2D eigenvalue weighted by Gasteiger charge is 2.28. The van der Waals surface area contributed by atoms with E-state index < -0.39 is 5.91 Å². The van der Waals surface area contributed by atoms with Gasteiger partial charge in [-0.1, -0.05) is 23.2 Å². The highest BCUT2D eigenvalue weighted by Crippen LogP contribution is 2.34. The largest absolute Gasteiger partial charge is 0.486 e. The number of carbonyl (C=O) groups is 2. The fourth-order valence-corrected chi connectivity index (χ4v) is 4.65. The molecule has 0 radical (unpaired) electrons. The summed E-state index contributed by atoms with van der Waals surface area (Å²) in [7, 11) is 0. The molecule has 0 atom stereocenters. The maximum atomic E-state index is 13.0. The number of hydrogen-bond acceptors (Lipinski definition) is 6. The van der Waals surface area contributed by atoms with E-state index in [-0.39, 0.29) is 22.3 Å². The van der Waals surface area contributed by atoms with Gasteiger partial charge < -0.3 is 19.2 Å². The van der Waals surface area contributed by atoms with Crippen LogP contribution in [-0.2, 0) is 6.42 Å². The monoisotopic (exact) mass is 513 g/mol. The van der Waals surface area contributed by atoms with Gasteiger partial charge in [0.05, 0.1) is 16.3 Å². The van der Waals surface area contributed by atoms with Gasteiger partial charge in [-0.15, -0.1) is 0 Å². The van der Waals surface area contributed by atoms with Crippen LogP contribution in [0.5, 0.6) is 11.5 Å². The minimum Gasteiger partial charge on any atom is -0.486 e. The number of ether oxygens (including phenoxy) is 2. The Hall–Kier alpha value is -3.49. The summed E-state index contributed by atoms with van der Waals surface area (Å²) in [5.74, 6) is 1.25. The molecule has 5 rings (SSSR count). The van der Waals surface area contributed by atoms with E-state index in [0.29, 0.717) is 65.3 Å². The van der Waals surface area contributed by atoms with Crippen LogP contribution >= 0.6 is 23.2 Å². The second kappa shape index (κ2) is 9.64. The van der Waals surface area contributed by atoms with Crippen LogP contribution < -0.4 is 20.2 Å². The summed E-state index contributed by atoms with van der Waals surface area (Å²) < 4.78 is 17.0. The molecular formula is C25H21Cl2N3O5. The molecule has 2 aliphatic rings. The van der Waals surface area contributed by atoms with Crippen molar-refractivity contribution in [2.24, 2.45) is 5.10 Å². The van der Waals surface area contributed by atoms with Gasteiger partial charge in [0.25, 0.3) is 11.8 Å². The predicted molar refractivity (Wildman–Crippen MR) is 132 cm³/mol. The molecule has 0 spiro atoms. The molecule has 0 saturated heterocycles. The summed E-state index contributed by atoms with van der Waals surface area (Å²) >= 11 is 12.0. The molecule has 0 saturated carbocycles. The van der Waals surface area contributed by atoms with Crippen LogP contribution in [0.1, 0.15) is 50.6 Å². The lowest BCUT2D eigenvalue weighted by Crippen LogP contribution is -2.22. The average Bonchev–Trinajstić information content (AvgIpc) is 3.19. The molecule has 8 nitrogen and oxygen atoms in total. The van der Waals surface area contributed by atoms with E-state index in [1.807, 2.05) is 0 Å². The molecule has 35 heavy (non-hydrogen) atoms. The lowest BCUT2D eigenvalue weighted by Gasteiger charge is -2.18. The van der Waals surface area contributed by atoms with E-state index in [2.05, 4.69) is 15.8 Å². The first-order valence-electron chi connectivity index (χ1n) is 11.1. The van der Waals surface area contributed by atoms with Crippen LogP contribution in [0.15, 0.2) is 45.9 Å². The molecule has 0 bridgehead atoms. The Labute approximate surface area is 211 Å². The summed E-state index contributed by atoms with van der Waals surface area (Å²) in [6, 6.07) is 9.83. The van der Waals surface area contributed by atoms with E-state index in [1.165, 1.54) is 12.1 Å². The van der Waals surface area contributed by atoms with E-state index in [1.54, 1.807) is 31.2 Å². The Kier molecular flexibility index (Phi) is 6.40. The average molecular weight is 514 g/mol. The van der Waals surface area contributed by atoms with E-state index in [0.717, 1.165) is 12.0 Å². The molecule has 1 aliphatic carbocycles. The molecule has 1 aliphatic heterocycles. The predicted octanol–water partition coefficient (Wildman–Crippen LogP) is 5.39. The van der Waals surface area contributed by atoms with E-state index in [4.69, 9.17) is 37.1 Å². The van der Waals surface area contributed by atoms with Crippen molar-refractivity contribution in [2.45, 2.75) is 26.2 Å². The molecular weight excluding hydrogens is 493 g/mol. The number of hydrazone groups is 1. The molecule has 2 heterocycles. The third-order valence-corrected chi connectivity index (χ3v) is 6.35. The minimum absolute atomic E-state index is 0.201. The van der Waals surface area contributed by atoms with Gasteiger partial charge in [-0.3, -0.25) is 9.59 Å². The topological polar surface area (TPSA) is 102 Å². The van der Waals surface area contributed by atoms with Gasteiger partial charge in [0.15, 0.2) is 17.3 Å². The van der Waals surface area contributed by atoms with E-state index in [9.17, 15) is 9.59 Å². The second-order valence-corrected chi connectivity index (χ2v) is 8.99. The second-order valence-electron chi connectivity index (χ2n) is 8.14. The molecule has 2 N–H and O–H groups in total. The molecule has 180 valence electrons.